The van der Waals surface area contributed by atoms with E-state index in [1.807, 2.05) is 31.2 Å². The molecule has 0 radical (unpaired) electrons. The Morgan fingerprint density at radius 3 is 2.71 bits per heavy atom. The molecule has 0 aliphatic heterocycles. The minimum atomic E-state index is 0.531. The summed E-state index contributed by atoms with van der Waals surface area (Å²) < 4.78 is 0.951. The van der Waals surface area contributed by atoms with Crippen LogP contribution in [0.1, 0.15) is 18.1 Å². The SMILES string of the molecule is C/C(C#N)=C(/N)c1cccc(C)c1Br. The van der Waals surface area contributed by atoms with E-state index >= 15 is 0 Å². The van der Waals surface area contributed by atoms with Gasteiger partial charge in [-0.2, -0.15) is 5.26 Å². The molecule has 0 atom stereocenters. The minimum Gasteiger partial charge on any atom is -0.397 e. The average Bonchev–Trinajstić information content (AvgIpc) is 2.20. The number of halogens is 1. The number of allylic oxidation sites excluding steroid dienone is 1. The second-order valence-electron chi connectivity index (χ2n) is 3.09. The van der Waals surface area contributed by atoms with Crippen LogP contribution in [0.4, 0.5) is 0 Å². The van der Waals surface area contributed by atoms with Gasteiger partial charge in [-0.3, -0.25) is 0 Å². The molecule has 2 N–H and O–H groups in total. The largest absolute Gasteiger partial charge is 0.397 e. The van der Waals surface area contributed by atoms with Crippen LogP contribution >= 0.6 is 15.9 Å². The van der Waals surface area contributed by atoms with E-state index in [1.165, 1.54) is 0 Å². The molecule has 1 aromatic carbocycles. The number of hydrogen-bond acceptors (Lipinski definition) is 2. The van der Waals surface area contributed by atoms with Crippen molar-refractivity contribution in [1.82, 2.24) is 0 Å². The van der Waals surface area contributed by atoms with E-state index in [9.17, 15) is 0 Å². The molecular formula is C11H11BrN2. The number of nitrogens with two attached hydrogens (primary N) is 1. The zero-order valence-electron chi connectivity index (χ0n) is 8.13. The first kappa shape index (κ1) is 10.8. The summed E-state index contributed by atoms with van der Waals surface area (Å²) in [6, 6.07) is 7.85. The molecule has 1 rings (SSSR count). The molecule has 14 heavy (non-hydrogen) atoms. The van der Waals surface area contributed by atoms with E-state index in [0.29, 0.717) is 11.3 Å². The maximum Gasteiger partial charge on any atom is 0.0965 e. The molecule has 0 bridgehead atoms. The zero-order chi connectivity index (χ0) is 10.7. The molecule has 0 spiro atoms. The van der Waals surface area contributed by atoms with Gasteiger partial charge >= 0.3 is 0 Å². The summed E-state index contributed by atoms with van der Waals surface area (Å²) in [5.74, 6) is 0. The van der Waals surface area contributed by atoms with Crippen LogP contribution < -0.4 is 5.73 Å². The Bertz CT molecular complexity index is 427. The van der Waals surface area contributed by atoms with Crippen LogP contribution in [0.15, 0.2) is 28.2 Å². The van der Waals surface area contributed by atoms with E-state index < -0.39 is 0 Å². The Kier molecular flexibility index (Phi) is 3.32. The van der Waals surface area contributed by atoms with Gasteiger partial charge in [0.15, 0.2) is 0 Å². The van der Waals surface area contributed by atoms with Crippen molar-refractivity contribution in [3.8, 4) is 6.07 Å². The predicted molar refractivity (Wildman–Crippen MR) is 61.3 cm³/mol. The Hall–Kier alpha value is -1.27. The second-order valence-corrected chi connectivity index (χ2v) is 3.88. The molecule has 3 heteroatoms. The molecule has 0 heterocycles. The number of nitriles is 1. The Labute approximate surface area is 92.2 Å². The molecule has 0 aliphatic rings. The lowest BCUT2D eigenvalue weighted by Gasteiger charge is -2.07. The molecule has 0 fully saturated rings. The van der Waals surface area contributed by atoms with Crippen molar-refractivity contribution in [2.24, 2.45) is 5.73 Å². The van der Waals surface area contributed by atoms with Gasteiger partial charge in [-0.15, -0.1) is 0 Å². The summed E-state index contributed by atoms with van der Waals surface area (Å²) in [7, 11) is 0. The van der Waals surface area contributed by atoms with E-state index in [2.05, 4.69) is 15.9 Å². The van der Waals surface area contributed by atoms with Crippen LogP contribution in [0.25, 0.3) is 5.70 Å². The molecule has 1 aromatic rings. The van der Waals surface area contributed by atoms with Crippen molar-refractivity contribution in [2.45, 2.75) is 13.8 Å². The molecule has 2 nitrogen and oxygen atoms in total. The van der Waals surface area contributed by atoms with Gasteiger partial charge in [0.25, 0.3) is 0 Å². The van der Waals surface area contributed by atoms with Gasteiger partial charge in [0.05, 0.1) is 11.8 Å². The maximum absolute atomic E-state index is 8.72. The van der Waals surface area contributed by atoms with Gasteiger partial charge in [-0.05, 0) is 35.3 Å². The summed E-state index contributed by atoms with van der Waals surface area (Å²) in [6.45, 7) is 3.70. The van der Waals surface area contributed by atoms with E-state index in [4.69, 9.17) is 11.0 Å². The van der Waals surface area contributed by atoms with Gasteiger partial charge in [-0.1, -0.05) is 18.2 Å². The van der Waals surface area contributed by atoms with Gasteiger partial charge in [0.2, 0.25) is 0 Å². The van der Waals surface area contributed by atoms with Crippen molar-refractivity contribution >= 4 is 21.6 Å². The topological polar surface area (TPSA) is 49.8 Å². The third-order valence-corrected chi connectivity index (χ3v) is 3.11. The quantitative estimate of drug-likeness (QED) is 0.780. The highest BCUT2D eigenvalue weighted by atomic mass is 79.9. The summed E-state index contributed by atoms with van der Waals surface area (Å²) in [5.41, 5.74) is 8.90. The van der Waals surface area contributed by atoms with Crippen molar-refractivity contribution < 1.29 is 0 Å². The van der Waals surface area contributed by atoms with E-state index in [0.717, 1.165) is 15.6 Å². The normalized spacial score (nSPS) is 11.9. The predicted octanol–water partition coefficient (Wildman–Crippen LogP) is 2.97. The smallest absolute Gasteiger partial charge is 0.0965 e. The van der Waals surface area contributed by atoms with Crippen LogP contribution in [0.2, 0.25) is 0 Å². The fraction of sp³-hybridized carbons (Fsp3) is 0.182. The molecule has 0 saturated carbocycles. The van der Waals surface area contributed by atoms with Crippen molar-refractivity contribution in [2.75, 3.05) is 0 Å². The number of hydrogen-bond donors (Lipinski definition) is 1. The van der Waals surface area contributed by atoms with Gasteiger partial charge < -0.3 is 5.73 Å². The molecule has 0 amide bonds. The standard InChI is InChI=1S/C11H11BrN2/c1-7-4-3-5-9(10(7)12)11(14)8(2)6-13/h3-5H,14H2,1-2H3/b11-8-. The zero-order valence-corrected chi connectivity index (χ0v) is 9.72. The van der Waals surface area contributed by atoms with Crippen molar-refractivity contribution in [3.63, 3.8) is 0 Å². The van der Waals surface area contributed by atoms with Crippen molar-refractivity contribution in [3.05, 3.63) is 39.4 Å². The average molecular weight is 251 g/mol. The molecule has 72 valence electrons. The number of aryl methyl sites for hydroxylation is 1. The highest BCUT2D eigenvalue weighted by Gasteiger charge is 2.06. The highest BCUT2D eigenvalue weighted by molar-refractivity contribution is 9.10. The Balaban J connectivity index is 3.36. The van der Waals surface area contributed by atoms with E-state index in [-0.39, 0.29) is 0 Å². The molecule has 0 aromatic heterocycles. The number of benzene rings is 1. The van der Waals surface area contributed by atoms with Crippen LogP contribution in [0.5, 0.6) is 0 Å². The summed E-state index contributed by atoms with van der Waals surface area (Å²) in [6.07, 6.45) is 0. The minimum absolute atomic E-state index is 0.531. The lowest BCUT2D eigenvalue weighted by Crippen LogP contribution is -2.00. The van der Waals surface area contributed by atoms with Crippen LogP contribution in [0.3, 0.4) is 0 Å². The third-order valence-electron chi connectivity index (χ3n) is 2.05. The number of rotatable bonds is 1. The first-order valence-corrected chi connectivity index (χ1v) is 4.99. The monoisotopic (exact) mass is 250 g/mol. The van der Waals surface area contributed by atoms with Gasteiger partial charge in [0.1, 0.15) is 0 Å². The first-order valence-electron chi connectivity index (χ1n) is 4.20. The second kappa shape index (κ2) is 4.30. The number of nitrogens with zero attached hydrogens (tertiary/aromatic N) is 1. The Morgan fingerprint density at radius 1 is 1.50 bits per heavy atom. The maximum atomic E-state index is 8.72. The van der Waals surface area contributed by atoms with Gasteiger partial charge in [0, 0.05) is 15.6 Å². The van der Waals surface area contributed by atoms with Crippen molar-refractivity contribution in [1.29, 1.82) is 5.26 Å². The lowest BCUT2D eigenvalue weighted by atomic mass is 10.1. The summed E-state index contributed by atoms with van der Waals surface area (Å²) in [4.78, 5) is 0. The first-order chi connectivity index (χ1) is 6.57. The fourth-order valence-electron chi connectivity index (χ4n) is 1.12. The Morgan fingerprint density at radius 2 is 2.14 bits per heavy atom. The summed E-state index contributed by atoms with van der Waals surface area (Å²) in [5, 5.41) is 8.72. The molecule has 0 saturated heterocycles. The van der Waals surface area contributed by atoms with E-state index in [1.54, 1.807) is 6.92 Å². The van der Waals surface area contributed by atoms with Gasteiger partial charge in [-0.25, -0.2) is 0 Å². The fourth-order valence-corrected chi connectivity index (χ4v) is 1.60. The molecule has 0 unspecified atom stereocenters. The highest BCUT2D eigenvalue weighted by Crippen LogP contribution is 2.26. The molecular weight excluding hydrogens is 240 g/mol. The van der Waals surface area contributed by atoms with Crippen LogP contribution in [-0.2, 0) is 0 Å². The lowest BCUT2D eigenvalue weighted by molar-refractivity contribution is 1.35. The van der Waals surface area contributed by atoms with Crippen LogP contribution in [0, 0.1) is 18.3 Å². The molecule has 0 aliphatic carbocycles. The van der Waals surface area contributed by atoms with Crippen LogP contribution in [-0.4, -0.2) is 0 Å². The summed E-state index contributed by atoms with van der Waals surface area (Å²) >= 11 is 3.45. The third kappa shape index (κ3) is 1.97.